The Hall–Kier alpha value is -1.49. The van der Waals surface area contributed by atoms with E-state index in [-0.39, 0.29) is 5.57 Å². The number of rotatable bonds is 3. The third kappa shape index (κ3) is 3.89. The lowest BCUT2D eigenvalue weighted by molar-refractivity contribution is -0.136. The van der Waals surface area contributed by atoms with Crippen LogP contribution in [0.15, 0.2) is 53.9 Å². The number of allylic oxidation sites excluding steroid dienone is 1. The summed E-state index contributed by atoms with van der Waals surface area (Å²) in [6.45, 7) is 0. The highest BCUT2D eigenvalue weighted by Crippen LogP contribution is 2.41. The molecule has 0 saturated carbocycles. The first-order valence-electron chi connectivity index (χ1n) is 6.66. The minimum absolute atomic E-state index is 0.210. The van der Waals surface area contributed by atoms with Crippen LogP contribution < -0.4 is 0 Å². The molecule has 0 aromatic heterocycles. The molecule has 0 spiro atoms. The van der Waals surface area contributed by atoms with Crippen LogP contribution >= 0.6 is 34.8 Å². The summed E-state index contributed by atoms with van der Waals surface area (Å²) in [5, 5.41) is 0. The normalized spacial score (nSPS) is 18.1. The summed E-state index contributed by atoms with van der Waals surface area (Å²) in [7, 11) is 2.95. The van der Waals surface area contributed by atoms with Crippen LogP contribution in [0.5, 0.6) is 0 Å². The molecule has 0 N–H and O–H groups in total. The van der Waals surface area contributed by atoms with Gasteiger partial charge >= 0.3 is 5.97 Å². The number of carbonyl (C=O) groups is 2. The molecule has 7 heteroatoms. The summed E-state index contributed by atoms with van der Waals surface area (Å²) >= 11 is 17.3. The molecule has 23 heavy (non-hydrogen) atoms. The molecule has 0 amide bonds. The number of ether oxygens (including phenoxy) is 1. The number of halogens is 3. The summed E-state index contributed by atoms with van der Waals surface area (Å²) < 4.78 is 2.72. The van der Waals surface area contributed by atoms with E-state index in [1.165, 1.54) is 7.11 Å². The molecule has 1 aliphatic rings. The highest BCUT2D eigenvalue weighted by atomic mass is 35.6. The van der Waals surface area contributed by atoms with E-state index in [1.807, 2.05) is 6.07 Å². The Bertz CT molecular complexity index is 678. The Labute approximate surface area is 149 Å². The summed E-state index contributed by atoms with van der Waals surface area (Å²) in [5.74, 6) is -1.89. The van der Waals surface area contributed by atoms with E-state index in [0.29, 0.717) is 5.57 Å². The molecular weight excluding hydrogens is 361 g/mol. The molecule has 4 nitrogen and oxygen atoms in total. The first kappa shape index (κ1) is 17.9. The van der Waals surface area contributed by atoms with E-state index in [4.69, 9.17) is 39.5 Å². The van der Waals surface area contributed by atoms with Crippen molar-refractivity contribution in [3.63, 3.8) is 0 Å². The molecule has 1 aromatic rings. The van der Waals surface area contributed by atoms with Gasteiger partial charge in [0.2, 0.25) is 5.78 Å². The maximum absolute atomic E-state index is 12.5. The van der Waals surface area contributed by atoms with Gasteiger partial charge in [-0.2, -0.15) is 0 Å². The Kier molecular flexibility index (Phi) is 5.40. The van der Waals surface area contributed by atoms with Gasteiger partial charge in [0, 0.05) is 30.9 Å². The number of Topliss-reactive ketones (excluding diaryl/α,β-unsaturated/α-hetero) is 1. The maximum atomic E-state index is 12.5. The number of esters is 1. The van der Waals surface area contributed by atoms with Crippen LogP contribution in [0.4, 0.5) is 0 Å². The fraction of sp³-hybridized carbons (Fsp3) is 0.250. The summed E-state index contributed by atoms with van der Waals surface area (Å²) in [5.41, 5.74) is 1.23. The number of nitrogens with zero attached hydrogens (tertiary/aromatic N) is 1. The molecular formula is C16H14Cl3NO3. The molecule has 1 atom stereocenters. The topological polar surface area (TPSA) is 46.6 Å². The smallest absolute Gasteiger partial charge is 0.336 e. The minimum atomic E-state index is -2.11. The van der Waals surface area contributed by atoms with Gasteiger partial charge in [-0.15, -0.1) is 0 Å². The Balaban J connectivity index is 2.59. The molecule has 0 radical (unpaired) electrons. The second-order valence-electron chi connectivity index (χ2n) is 5.00. The van der Waals surface area contributed by atoms with Crippen molar-refractivity contribution in [2.45, 2.75) is 9.71 Å². The largest absolute Gasteiger partial charge is 0.466 e. The van der Waals surface area contributed by atoms with Crippen LogP contribution in [0.1, 0.15) is 11.5 Å². The standard InChI is InChI=1S/C16H14Cl3NO3/c1-20-8-11(14(21)16(17,18)19)13(10-6-4-3-5-7-10)12(9-20)15(22)23-2/h3-9,13H,1-2H3. The van der Waals surface area contributed by atoms with Gasteiger partial charge in [0.25, 0.3) is 3.79 Å². The van der Waals surface area contributed by atoms with Crippen molar-refractivity contribution >= 4 is 46.6 Å². The van der Waals surface area contributed by atoms with Gasteiger partial charge < -0.3 is 9.64 Å². The third-order valence-corrected chi connectivity index (χ3v) is 3.90. The summed E-state index contributed by atoms with van der Waals surface area (Å²) in [6, 6.07) is 9.04. The average molecular weight is 375 g/mol. The van der Waals surface area contributed by atoms with Crippen LogP contribution in [0, 0.1) is 0 Å². The van der Waals surface area contributed by atoms with E-state index in [9.17, 15) is 9.59 Å². The lowest BCUT2D eigenvalue weighted by Gasteiger charge is -2.30. The molecule has 1 heterocycles. The fourth-order valence-corrected chi connectivity index (χ4v) is 2.77. The maximum Gasteiger partial charge on any atom is 0.336 e. The number of ketones is 1. The Morgan fingerprint density at radius 3 is 2.17 bits per heavy atom. The van der Waals surface area contributed by atoms with Crippen molar-refractivity contribution in [2.24, 2.45) is 0 Å². The second kappa shape index (κ2) is 6.95. The predicted molar refractivity (Wildman–Crippen MR) is 90.4 cm³/mol. The first-order valence-corrected chi connectivity index (χ1v) is 7.79. The number of benzene rings is 1. The molecule has 0 fully saturated rings. The quantitative estimate of drug-likeness (QED) is 0.599. The van der Waals surface area contributed by atoms with Crippen molar-refractivity contribution < 1.29 is 14.3 Å². The molecule has 122 valence electrons. The first-order chi connectivity index (χ1) is 10.8. The number of alkyl halides is 3. The summed E-state index contributed by atoms with van der Waals surface area (Å²) in [4.78, 5) is 26.3. The second-order valence-corrected chi connectivity index (χ2v) is 7.28. The van der Waals surface area contributed by atoms with Gasteiger partial charge in [0.1, 0.15) is 0 Å². The van der Waals surface area contributed by atoms with Gasteiger partial charge in [-0.3, -0.25) is 4.79 Å². The van der Waals surface area contributed by atoms with Crippen molar-refractivity contribution in [3.8, 4) is 0 Å². The summed E-state index contributed by atoms with van der Waals surface area (Å²) in [6.07, 6.45) is 3.15. The van der Waals surface area contributed by atoms with Crippen LogP contribution in [0.25, 0.3) is 0 Å². The molecule has 2 rings (SSSR count). The van der Waals surface area contributed by atoms with E-state index < -0.39 is 21.5 Å². The van der Waals surface area contributed by atoms with Crippen molar-refractivity contribution in [1.82, 2.24) is 4.90 Å². The monoisotopic (exact) mass is 373 g/mol. The predicted octanol–water partition coefficient (Wildman–Crippen LogP) is 3.60. The molecule has 1 unspecified atom stereocenters. The lowest BCUT2D eigenvalue weighted by atomic mass is 9.82. The van der Waals surface area contributed by atoms with E-state index >= 15 is 0 Å². The van der Waals surface area contributed by atoms with Crippen LogP contribution in [0.3, 0.4) is 0 Å². The van der Waals surface area contributed by atoms with Gasteiger partial charge in [-0.25, -0.2) is 4.79 Å². The average Bonchev–Trinajstić information content (AvgIpc) is 2.52. The zero-order valence-corrected chi connectivity index (χ0v) is 14.7. The molecule has 0 bridgehead atoms. The minimum Gasteiger partial charge on any atom is -0.466 e. The molecule has 1 aliphatic heterocycles. The van der Waals surface area contributed by atoms with Gasteiger partial charge in [-0.1, -0.05) is 65.1 Å². The number of hydrogen-bond donors (Lipinski definition) is 0. The number of carbonyl (C=O) groups excluding carboxylic acids is 2. The Morgan fingerprint density at radius 2 is 1.65 bits per heavy atom. The fourth-order valence-electron chi connectivity index (χ4n) is 2.44. The zero-order chi connectivity index (χ0) is 17.2. The van der Waals surface area contributed by atoms with Crippen LogP contribution in [0.2, 0.25) is 0 Å². The van der Waals surface area contributed by atoms with Crippen LogP contribution in [-0.4, -0.2) is 34.6 Å². The van der Waals surface area contributed by atoms with Crippen molar-refractivity contribution in [3.05, 3.63) is 59.4 Å². The zero-order valence-electron chi connectivity index (χ0n) is 12.4. The number of hydrogen-bond acceptors (Lipinski definition) is 4. The van der Waals surface area contributed by atoms with Gasteiger partial charge in [-0.05, 0) is 5.56 Å². The third-order valence-electron chi connectivity index (χ3n) is 3.38. The van der Waals surface area contributed by atoms with E-state index in [2.05, 4.69) is 0 Å². The molecule has 1 aromatic carbocycles. The number of methoxy groups -OCH3 is 1. The SMILES string of the molecule is COC(=O)C1=CN(C)C=C(C(=O)C(Cl)(Cl)Cl)C1c1ccccc1. The van der Waals surface area contributed by atoms with E-state index in [1.54, 1.807) is 48.6 Å². The van der Waals surface area contributed by atoms with Crippen molar-refractivity contribution in [1.29, 1.82) is 0 Å². The van der Waals surface area contributed by atoms with Crippen molar-refractivity contribution in [2.75, 3.05) is 14.2 Å². The van der Waals surface area contributed by atoms with Gasteiger partial charge in [0.05, 0.1) is 12.7 Å². The van der Waals surface area contributed by atoms with E-state index in [0.717, 1.165) is 5.56 Å². The lowest BCUT2D eigenvalue weighted by Crippen LogP contribution is -2.31. The molecule has 0 aliphatic carbocycles. The highest BCUT2D eigenvalue weighted by Gasteiger charge is 2.41. The Morgan fingerprint density at radius 1 is 1.09 bits per heavy atom. The molecule has 0 saturated heterocycles. The van der Waals surface area contributed by atoms with Gasteiger partial charge in [0.15, 0.2) is 0 Å². The van der Waals surface area contributed by atoms with Crippen LogP contribution in [-0.2, 0) is 14.3 Å². The highest BCUT2D eigenvalue weighted by molar-refractivity contribution is 6.77.